The first-order valence-electron chi connectivity index (χ1n) is 8.87. The monoisotopic (exact) mass is 361 g/mol. The Bertz CT molecular complexity index is 1020. The number of hydrogen-bond acceptors (Lipinski definition) is 3. The number of rotatable bonds is 4. The van der Waals surface area contributed by atoms with Gasteiger partial charge < -0.3 is 10.4 Å². The third-order valence-electron chi connectivity index (χ3n) is 4.94. The molecule has 1 aromatic heterocycles. The molecule has 0 bridgehead atoms. The zero-order chi connectivity index (χ0) is 19.0. The number of carboxylic acids is 1. The van der Waals surface area contributed by atoms with Gasteiger partial charge in [-0.2, -0.15) is 5.10 Å². The number of aromatic nitrogens is 2. The summed E-state index contributed by atoms with van der Waals surface area (Å²) in [5, 5.41) is 16.5. The van der Waals surface area contributed by atoms with Crippen LogP contribution in [-0.4, -0.2) is 26.8 Å². The van der Waals surface area contributed by atoms with E-state index < -0.39 is 5.97 Å². The third kappa shape index (κ3) is 3.10. The van der Waals surface area contributed by atoms with Gasteiger partial charge >= 0.3 is 5.97 Å². The van der Waals surface area contributed by atoms with E-state index in [1.54, 1.807) is 35.1 Å². The minimum Gasteiger partial charge on any atom is -0.478 e. The molecule has 3 aromatic rings. The van der Waals surface area contributed by atoms with Crippen molar-refractivity contribution in [2.75, 3.05) is 5.32 Å². The number of amides is 1. The number of hydrogen-bond donors (Lipinski definition) is 2. The molecule has 27 heavy (non-hydrogen) atoms. The Hall–Kier alpha value is -3.41. The van der Waals surface area contributed by atoms with Gasteiger partial charge in [-0.3, -0.25) is 4.79 Å². The number of anilines is 1. The van der Waals surface area contributed by atoms with Crippen LogP contribution >= 0.6 is 0 Å². The summed E-state index contributed by atoms with van der Waals surface area (Å²) in [7, 11) is 0. The molecule has 1 aliphatic rings. The maximum atomic E-state index is 12.3. The molecule has 2 aromatic carbocycles. The Labute approximate surface area is 156 Å². The molecule has 1 amide bonds. The molecule has 4 rings (SSSR count). The second kappa shape index (κ2) is 6.72. The van der Waals surface area contributed by atoms with Crippen molar-refractivity contribution in [1.82, 2.24) is 9.78 Å². The third-order valence-corrected chi connectivity index (χ3v) is 4.94. The first kappa shape index (κ1) is 17.0. The number of nitrogens with one attached hydrogen (secondary N) is 1. The topological polar surface area (TPSA) is 84.2 Å². The van der Waals surface area contributed by atoms with Crippen LogP contribution in [0.25, 0.3) is 5.69 Å². The Morgan fingerprint density at radius 2 is 2.04 bits per heavy atom. The van der Waals surface area contributed by atoms with Gasteiger partial charge in [0, 0.05) is 17.9 Å². The van der Waals surface area contributed by atoms with E-state index >= 15 is 0 Å². The molecule has 1 unspecified atom stereocenters. The Balaban J connectivity index is 1.76. The van der Waals surface area contributed by atoms with Crippen molar-refractivity contribution in [3.63, 3.8) is 0 Å². The zero-order valence-electron chi connectivity index (χ0n) is 14.8. The fourth-order valence-corrected chi connectivity index (χ4v) is 3.48. The number of carbonyl (C=O) groups is 2. The second-order valence-corrected chi connectivity index (χ2v) is 6.62. The van der Waals surface area contributed by atoms with Gasteiger partial charge in [-0.05, 0) is 41.8 Å². The van der Waals surface area contributed by atoms with E-state index in [-0.39, 0.29) is 17.4 Å². The fraction of sp³-hybridized carbons (Fsp3) is 0.190. The van der Waals surface area contributed by atoms with Gasteiger partial charge in [0.05, 0.1) is 17.4 Å². The molecule has 2 heterocycles. The largest absolute Gasteiger partial charge is 0.478 e. The lowest BCUT2D eigenvalue weighted by molar-refractivity contribution is -0.116. The van der Waals surface area contributed by atoms with Crippen molar-refractivity contribution in [3.8, 4) is 5.69 Å². The van der Waals surface area contributed by atoms with Gasteiger partial charge in [0.15, 0.2) is 0 Å². The van der Waals surface area contributed by atoms with Gasteiger partial charge in [0.1, 0.15) is 5.82 Å². The molecule has 0 aliphatic carbocycles. The SMILES string of the molecule is CCc1cccc(-n2ncc3c2NC(=O)CC3c2ccc(C(=O)O)cc2)c1. The highest BCUT2D eigenvalue weighted by Crippen LogP contribution is 2.38. The number of fused-ring (bicyclic) bond motifs is 1. The van der Waals surface area contributed by atoms with Crippen LogP contribution in [0, 0.1) is 0 Å². The van der Waals surface area contributed by atoms with Crippen LogP contribution in [-0.2, 0) is 11.2 Å². The predicted octanol–water partition coefficient (Wildman–Crippen LogP) is 3.61. The molecule has 0 saturated carbocycles. The zero-order valence-corrected chi connectivity index (χ0v) is 14.8. The molecule has 6 nitrogen and oxygen atoms in total. The van der Waals surface area contributed by atoms with E-state index in [1.807, 2.05) is 12.1 Å². The lowest BCUT2D eigenvalue weighted by Crippen LogP contribution is -2.24. The van der Waals surface area contributed by atoms with Gasteiger partial charge in [0.25, 0.3) is 0 Å². The highest BCUT2D eigenvalue weighted by atomic mass is 16.4. The summed E-state index contributed by atoms with van der Waals surface area (Å²) in [6, 6.07) is 14.7. The van der Waals surface area contributed by atoms with Gasteiger partial charge in [-0.1, -0.05) is 31.2 Å². The van der Waals surface area contributed by atoms with Crippen LogP contribution in [0.4, 0.5) is 5.82 Å². The molecule has 1 atom stereocenters. The summed E-state index contributed by atoms with van der Waals surface area (Å²) in [4.78, 5) is 23.4. The van der Waals surface area contributed by atoms with E-state index in [2.05, 4.69) is 29.5 Å². The molecular weight excluding hydrogens is 342 g/mol. The number of carboxylic acid groups (broad SMARTS) is 1. The second-order valence-electron chi connectivity index (χ2n) is 6.62. The number of carbonyl (C=O) groups excluding carboxylic acids is 1. The maximum Gasteiger partial charge on any atom is 0.335 e. The molecule has 1 aliphatic heterocycles. The predicted molar refractivity (Wildman–Crippen MR) is 101 cm³/mol. The Morgan fingerprint density at radius 1 is 1.26 bits per heavy atom. The summed E-state index contributed by atoms with van der Waals surface area (Å²) >= 11 is 0. The van der Waals surface area contributed by atoms with E-state index in [1.165, 1.54) is 5.56 Å². The summed E-state index contributed by atoms with van der Waals surface area (Å²) in [6.07, 6.45) is 3.01. The van der Waals surface area contributed by atoms with Crippen LogP contribution in [0.3, 0.4) is 0 Å². The summed E-state index contributed by atoms with van der Waals surface area (Å²) in [6.45, 7) is 2.09. The summed E-state index contributed by atoms with van der Waals surface area (Å²) < 4.78 is 1.75. The fourth-order valence-electron chi connectivity index (χ4n) is 3.48. The molecule has 6 heteroatoms. The first-order chi connectivity index (χ1) is 13.1. The lowest BCUT2D eigenvalue weighted by atomic mass is 9.87. The summed E-state index contributed by atoms with van der Waals surface area (Å²) in [5.41, 5.74) is 4.15. The minimum atomic E-state index is -0.966. The molecule has 2 N–H and O–H groups in total. The maximum absolute atomic E-state index is 12.3. The molecular formula is C21H19N3O3. The average Bonchev–Trinajstić information content (AvgIpc) is 3.11. The highest BCUT2D eigenvalue weighted by Gasteiger charge is 2.30. The van der Waals surface area contributed by atoms with Crippen molar-refractivity contribution in [1.29, 1.82) is 0 Å². The molecule has 0 fully saturated rings. The number of aryl methyl sites for hydroxylation is 1. The smallest absolute Gasteiger partial charge is 0.335 e. The van der Waals surface area contributed by atoms with Crippen molar-refractivity contribution in [2.24, 2.45) is 0 Å². The van der Waals surface area contributed by atoms with E-state index in [0.717, 1.165) is 23.2 Å². The van der Waals surface area contributed by atoms with Crippen LogP contribution < -0.4 is 5.32 Å². The van der Waals surface area contributed by atoms with Crippen molar-refractivity contribution < 1.29 is 14.7 Å². The lowest BCUT2D eigenvalue weighted by Gasteiger charge is -2.24. The average molecular weight is 361 g/mol. The number of benzene rings is 2. The molecule has 0 saturated heterocycles. The minimum absolute atomic E-state index is 0.0804. The van der Waals surface area contributed by atoms with E-state index in [9.17, 15) is 9.59 Å². The molecule has 0 spiro atoms. The summed E-state index contributed by atoms with van der Waals surface area (Å²) in [5.74, 6) is -0.526. The standard InChI is InChI=1S/C21H19N3O3/c1-2-13-4-3-5-16(10-13)24-20-18(12-22-24)17(11-19(25)23-20)14-6-8-15(9-7-14)21(26)27/h3-10,12,17H,2,11H2,1H3,(H,23,25)(H,26,27). The van der Waals surface area contributed by atoms with Crippen LogP contribution in [0.15, 0.2) is 54.7 Å². The van der Waals surface area contributed by atoms with E-state index in [4.69, 9.17) is 5.11 Å². The van der Waals surface area contributed by atoms with Crippen molar-refractivity contribution >= 4 is 17.7 Å². The van der Waals surface area contributed by atoms with Crippen LogP contribution in [0.2, 0.25) is 0 Å². The number of aromatic carboxylic acids is 1. The van der Waals surface area contributed by atoms with Crippen LogP contribution in [0.5, 0.6) is 0 Å². The van der Waals surface area contributed by atoms with E-state index in [0.29, 0.717) is 12.2 Å². The first-order valence-corrected chi connectivity index (χ1v) is 8.87. The molecule has 136 valence electrons. The quantitative estimate of drug-likeness (QED) is 0.743. The normalized spacial score (nSPS) is 15.9. The molecule has 0 radical (unpaired) electrons. The highest BCUT2D eigenvalue weighted by molar-refractivity contribution is 5.94. The van der Waals surface area contributed by atoms with Crippen molar-refractivity contribution in [3.05, 3.63) is 77.0 Å². The number of nitrogens with zero attached hydrogens (tertiary/aromatic N) is 2. The van der Waals surface area contributed by atoms with Gasteiger partial charge in [0.2, 0.25) is 5.91 Å². The van der Waals surface area contributed by atoms with Crippen LogP contribution in [0.1, 0.15) is 46.3 Å². The Kier molecular flexibility index (Phi) is 4.24. The Morgan fingerprint density at radius 3 is 2.74 bits per heavy atom. The van der Waals surface area contributed by atoms with Gasteiger partial charge in [-0.25, -0.2) is 9.48 Å². The van der Waals surface area contributed by atoms with Crippen molar-refractivity contribution in [2.45, 2.75) is 25.7 Å². The van der Waals surface area contributed by atoms with Gasteiger partial charge in [-0.15, -0.1) is 0 Å².